The molecule has 3 rings (SSSR count). The highest BCUT2D eigenvalue weighted by Crippen LogP contribution is 2.32. The van der Waals surface area contributed by atoms with Crippen molar-refractivity contribution in [3.8, 4) is 0 Å². The van der Waals surface area contributed by atoms with Crippen LogP contribution in [-0.2, 0) is 17.4 Å². The van der Waals surface area contributed by atoms with Crippen LogP contribution in [0.1, 0.15) is 35.6 Å². The number of alkyl halides is 3. The number of pyridine rings is 1. The van der Waals surface area contributed by atoms with E-state index in [4.69, 9.17) is 0 Å². The lowest BCUT2D eigenvalue weighted by Crippen LogP contribution is -2.40. The van der Waals surface area contributed by atoms with E-state index in [1.807, 2.05) is 6.07 Å². The van der Waals surface area contributed by atoms with E-state index in [2.05, 4.69) is 15.2 Å². The molecule has 1 N–H and O–H groups in total. The van der Waals surface area contributed by atoms with Crippen LogP contribution >= 0.6 is 0 Å². The van der Waals surface area contributed by atoms with Gasteiger partial charge in [-0.3, -0.25) is 14.7 Å². The summed E-state index contributed by atoms with van der Waals surface area (Å²) in [4.78, 5) is 19.0. The molecule has 27 heavy (non-hydrogen) atoms. The molecule has 1 aliphatic heterocycles. The van der Waals surface area contributed by atoms with Crippen molar-refractivity contribution in [2.45, 2.75) is 31.5 Å². The molecule has 0 radical (unpaired) electrons. The van der Waals surface area contributed by atoms with Crippen molar-refractivity contribution in [3.63, 3.8) is 0 Å². The SMILES string of the molecule is O=C(NCCc1ccccc1C(F)(F)F)[C@H](c1cccnc1)N1CCCC1. The molecule has 2 heterocycles. The van der Waals surface area contributed by atoms with E-state index in [-0.39, 0.29) is 24.4 Å². The van der Waals surface area contributed by atoms with Crippen LogP contribution in [-0.4, -0.2) is 35.4 Å². The Morgan fingerprint density at radius 2 is 1.89 bits per heavy atom. The minimum Gasteiger partial charge on any atom is -0.354 e. The zero-order chi connectivity index (χ0) is 19.3. The van der Waals surface area contributed by atoms with Crippen LogP contribution < -0.4 is 5.32 Å². The third-order valence-corrected chi connectivity index (χ3v) is 4.77. The van der Waals surface area contributed by atoms with Crippen LogP contribution in [0.2, 0.25) is 0 Å². The number of amides is 1. The molecule has 1 saturated heterocycles. The number of hydrogen-bond donors (Lipinski definition) is 1. The first-order chi connectivity index (χ1) is 13.0. The summed E-state index contributed by atoms with van der Waals surface area (Å²) in [5.41, 5.74) is 0.333. The highest BCUT2D eigenvalue weighted by Gasteiger charge is 2.33. The van der Waals surface area contributed by atoms with Gasteiger partial charge >= 0.3 is 6.18 Å². The maximum Gasteiger partial charge on any atom is 0.416 e. The number of hydrogen-bond acceptors (Lipinski definition) is 3. The smallest absolute Gasteiger partial charge is 0.354 e. The maximum absolute atomic E-state index is 13.1. The second-order valence-electron chi connectivity index (χ2n) is 6.63. The molecule has 0 spiro atoms. The fourth-order valence-electron chi connectivity index (χ4n) is 3.50. The molecule has 7 heteroatoms. The van der Waals surface area contributed by atoms with Crippen LogP contribution in [0.25, 0.3) is 0 Å². The van der Waals surface area contributed by atoms with Crippen LogP contribution in [0.15, 0.2) is 48.8 Å². The van der Waals surface area contributed by atoms with Gasteiger partial charge in [-0.2, -0.15) is 13.2 Å². The van der Waals surface area contributed by atoms with Gasteiger partial charge in [-0.25, -0.2) is 0 Å². The van der Waals surface area contributed by atoms with Gasteiger partial charge < -0.3 is 5.32 Å². The number of benzene rings is 1. The normalized spacial score (nSPS) is 16.3. The zero-order valence-electron chi connectivity index (χ0n) is 14.9. The van der Waals surface area contributed by atoms with Crippen molar-refractivity contribution in [2.75, 3.05) is 19.6 Å². The molecule has 1 fully saturated rings. The average Bonchev–Trinajstić information content (AvgIpc) is 3.16. The highest BCUT2D eigenvalue weighted by atomic mass is 19.4. The lowest BCUT2D eigenvalue weighted by atomic mass is 10.0. The molecule has 0 unspecified atom stereocenters. The molecule has 144 valence electrons. The summed E-state index contributed by atoms with van der Waals surface area (Å²) in [6, 6.07) is 8.65. The summed E-state index contributed by atoms with van der Waals surface area (Å²) in [7, 11) is 0. The quantitative estimate of drug-likeness (QED) is 0.837. The fourth-order valence-corrected chi connectivity index (χ4v) is 3.50. The molecule has 1 aromatic carbocycles. The van der Waals surface area contributed by atoms with E-state index in [0.717, 1.165) is 37.6 Å². The van der Waals surface area contributed by atoms with Crippen molar-refractivity contribution >= 4 is 5.91 Å². The summed E-state index contributed by atoms with van der Waals surface area (Å²) >= 11 is 0. The first-order valence-corrected chi connectivity index (χ1v) is 9.03. The molecule has 1 amide bonds. The Morgan fingerprint density at radius 1 is 1.15 bits per heavy atom. The predicted octanol–water partition coefficient (Wildman–Crippen LogP) is 3.60. The average molecular weight is 377 g/mol. The molecule has 2 aromatic rings. The summed E-state index contributed by atoms with van der Waals surface area (Å²) in [5.74, 6) is -0.200. The summed E-state index contributed by atoms with van der Waals surface area (Å²) in [5, 5.41) is 2.81. The number of aromatic nitrogens is 1. The lowest BCUT2D eigenvalue weighted by Gasteiger charge is -2.26. The highest BCUT2D eigenvalue weighted by molar-refractivity contribution is 5.83. The van der Waals surface area contributed by atoms with Gasteiger partial charge in [0.25, 0.3) is 0 Å². The summed E-state index contributed by atoms with van der Waals surface area (Å²) in [6.07, 6.45) is 1.11. The Balaban J connectivity index is 1.67. The first-order valence-electron chi connectivity index (χ1n) is 9.03. The van der Waals surface area contributed by atoms with Gasteiger partial charge in [0.05, 0.1) is 5.56 Å². The minimum absolute atomic E-state index is 0.126. The molecular weight excluding hydrogens is 355 g/mol. The number of nitrogens with one attached hydrogen (secondary N) is 1. The number of nitrogens with zero attached hydrogens (tertiary/aromatic N) is 2. The van der Waals surface area contributed by atoms with E-state index in [1.54, 1.807) is 24.5 Å². The van der Waals surface area contributed by atoms with Gasteiger partial charge in [-0.15, -0.1) is 0 Å². The standard InChI is InChI=1S/C20H22F3N3O/c21-20(22,23)17-8-2-1-6-15(17)9-11-25-19(27)18(26-12-3-4-13-26)16-7-5-10-24-14-16/h1-2,5-8,10,14,18H,3-4,9,11-13H2,(H,25,27)/t18-/m0/s1. The molecule has 1 aliphatic rings. The summed E-state index contributed by atoms with van der Waals surface area (Å²) < 4.78 is 39.3. The molecular formula is C20H22F3N3O. The third kappa shape index (κ3) is 4.86. The van der Waals surface area contributed by atoms with E-state index in [0.29, 0.717) is 0 Å². The first kappa shape index (κ1) is 19.4. The summed E-state index contributed by atoms with van der Waals surface area (Å²) in [6.45, 7) is 1.80. The Morgan fingerprint density at radius 3 is 2.56 bits per heavy atom. The second-order valence-corrected chi connectivity index (χ2v) is 6.63. The van der Waals surface area contributed by atoms with E-state index in [1.165, 1.54) is 12.1 Å². The van der Waals surface area contributed by atoms with E-state index in [9.17, 15) is 18.0 Å². The zero-order valence-corrected chi connectivity index (χ0v) is 14.9. The fraction of sp³-hybridized carbons (Fsp3) is 0.400. The number of rotatable bonds is 6. The van der Waals surface area contributed by atoms with E-state index >= 15 is 0 Å². The van der Waals surface area contributed by atoms with Crippen LogP contribution in [0.4, 0.5) is 13.2 Å². The topological polar surface area (TPSA) is 45.2 Å². The Hall–Kier alpha value is -2.41. The van der Waals surface area contributed by atoms with Gasteiger partial charge in [0, 0.05) is 18.9 Å². The van der Waals surface area contributed by atoms with Crippen molar-refractivity contribution in [1.82, 2.24) is 15.2 Å². The van der Waals surface area contributed by atoms with Crippen LogP contribution in [0.3, 0.4) is 0 Å². The Bertz CT molecular complexity index is 759. The second kappa shape index (κ2) is 8.52. The van der Waals surface area contributed by atoms with Crippen molar-refractivity contribution in [1.29, 1.82) is 0 Å². The molecule has 0 saturated carbocycles. The molecule has 1 aromatic heterocycles. The van der Waals surface area contributed by atoms with Gasteiger partial charge in [-0.1, -0.05) is 24.3 Å². The Labute approximate surface area is 156 Å². The molecule has 0 aliphatic carbocycles. The number of halogens is 3. The van der Waals surface area contributed by atoms with Crippen molar-refractivity contribution in [2.24, 2.45) is 0 Å². The van der Waals surface area contributed by atoms with Crippen LogP contribution in [0, 0.1) is 0 Å². The van der Waals surface area contributed by atoms with Gasteiger partial charge in [-0.05, 0) is 55.6 Å². The Kier molecular flexibility index (Phi) is 6.11. The third-order valence-electron chi connectivity index (χ3n) is 4.77. The lowest BCUT2D eigenvalue weighted by molar-refractivity contribution is -0.138. The molecule has 4 nitrogen and oxygen atoms in total. The van der Waals surface area contributed by atoms with Crippen LogP contribution in [0.5, 0.6) is 0 Å². The van der Waals surface area contributed by atoms with Crippen molar-refractivity contribution in [3.05, 3.63) is 65.5 Å². The number of carbonyl (C=O) groups excluding carboxylic acids is 1. The number of likely N-dealkylation sites (tertiary alicyclic amines) is 1. The van der Waals surface area contributed by atoms with E-state index < -0.39 is 17.8 Å². The number of carbonyl (C=O) groups is 1. The van der Waals surface area contributed by atoms with Gasteiger partial charge in [0.1, 0.15) is 6.04 Å². The molecule has 0 bridgehead atoms. The van der Waals surface area contributed by atoms with Crippen molar-refractivity contribution < 1.29 is 18.0 Å². The van der Waals surface area contributed by atoms with Gasteiger partial charge in [0.15, 0.2) is 0 Å². The minimum atomic E-state index is -4.39. The maximum atomic E-state index is 13.1. The van der Waals surface area contributed by atoms with Gasteiger partial charge in [0.2, 0.25) is 5.91 Å². The molecule has 1 atom stereocenters. The largest absolute Gasteiger partial charge is 0.416 e. The predicted molar refractivity (Wildman–Crippen MR) is 95.9 cm³/mol. The monoisotopic (exact) mass is 377 g/mol.